The normalized spacial score (nSPS) is 13.3. The van der Waals surface area contributed by atoms with Crippen LogP contribution in [0.25, 0.3) is 0 Å². The third kappa shape index (κ3) is 3.86. The average molecular weight is 405 g/mol. The number of nitrogens with zero attached hydrogens (tertiary/aromatic N) is 3. The second-order valence-electron chi connectivity index (χ2n) is 5.83. The van der Waals surface area contributed by atoms with E-state index >= 15 is 0 Å². The third-order valence-electron chi connectivity index (χ3n) is 3.93. The first-order valence-electron chi connectivity index (χ1n) is 8.14. The minimum Gasteiger partial charge on any atom is -0.486 e. The van der Waals surface area contributed by atoms with Gasteiger partial charge in [0, 0.05) is 6.42 Å². The molecule has 0 saturated carbocycles. The highest BCUT2D eigenvalue weighted by Crippen LogP contribution is 2.37. The van der Waals surface area contributed by atoms with Gasteiger partial charge in [0.15, 0.2) is 17.3 Å². The SMILES string of the molecule is Fc1ccc(Cc2n[nH]c(=S)n2/N=C\c2cc(Cl)c3c(c2)OCCO3)cc1. The summed E-state index contributed by atoms with van der Waals surface area (Å²) in [5, 5.41) is 11.8. The quantitative estimate of drug-likeness (QED) is 0.527. The first kappa shape index (κ1) is 17.7. The minimum absolute atomic E-state index is 0.286. The van der Waals surface area contributed by atoms with E-state index in [1.807, 2.05) is 0 Å². The summed E-state index contributed by atoms with van der Waals surface area (Å²) in [5.41, 5.74) is 1.63. The second kappa shape index (κ2) is 7.50. The molecule has 0 amide bonds. The minimum atomic E-state index is -0.286. The van der Waals surface area contributed by atoms with Crippen LogP contribution < -0.4 is 9.47 Å². The molecule has 0 unspecified atom stereocenters. The molecule has 1 N–H and O–H groups in total. The number of nitrogens with one attached hydrogen (secondary N) is 1. The lowest BCUT2D eigenvalue weighted by Crippen LogP contribution is -2.15. The first-order valence-corrected chi connectivity index (χ1v) is 8.93. The number of hydrogen-bond acceptors (Lipinski definition) is 5. The van der Waals surface area contributed by atoms with Gasteiger partial charge in [-0.1, -0.05) is 23.7 Å². The predicted octanol–water partition coefficient (Wildman–Crippen LogP) is 3.98. The van der Waals surface area contributed by atoms with Gasteiger partial charge in [-0.05, 0) is 47.6 Å². The Balaban J connectivity index is 1.61. The van der Waals surface area contributed by atoms with Gasteiger partial charge >= 0.3 is 0 Å². The Morgan fingerprint density at radius 1 is 1.26 bits per heavy atom. The molecule has 0 saturated heterocycles. The molecule has 1 aliphatic heterocycles. The van der Waals surface area contributed by atoms with Crippen LogP contribution in [0, 0.1) is 10.6 Å². The Labute approximate surface area is 164 Å². The van der Waals surface area contributed by atoms with Crippen LogP contribution in [0.15, 0.2) is 41.5 Å². The van der Waals surface area contributed by atoms with Crippen LogP contribution >= 0.6 is 23.8 Å². The second-order valence-corrected chi connectivity index (χ2v) is 6.63. The van der Waals surface area contributed by atoms with Crippen molar-refractivity contribution in [1.29, 1.82) is 0 Å². The maximum Gasteiger partial charge on any atom is 0.216 e. The van der Waals surface area contributed by atoms with E-state index in [1.165, 1.54) is 16.8 Å². The molecule has 1 aliphatic rings. The van der Waals surface area contributed by atoms with E-state index in [9.17, 15) is 4.39 Å². The Kier molecular flexibility index (Phi) is 4.91. The standard InChI is InChI=1S/C18H14ClFN4O2S/c19-14-7-12(8-15-17(14)26-6-5-25-15)10-21-24-16(22-23-18(24)27)9-11-1-3-13(20)4-2-11/h1-4,7-8,10H,5-6,9H2,(H,23,27)/b21-10-. The monoisotopic (exact) mass is 404 g/mol. The number of aromatic nitrogens is 3. The molecule has 4 rings (SSSR count). The Bertz CT molecular complexity index is 1060. The van der Waals surface area contributed by atoms with E-state index in [2.05, 4.69) is 15.3 Å². The van der Waals surface area contributed by atoms with Gasteiger partial charge in [0.1, 0.15) is 19.0 Å². The highest BCUT2D eigenvalue weighted by atomic mass is 35.5. The van der Waals surface area contributed by atoms with Gasteiger partial charge in [-0.15, -0.1) is 0 Å². The molecule has 138 valence electrons. The lowest BCUT2D eigenvalue weighted by molar-refractivity contribution is 0.171. The first-order chi connectivity index (χ1) is 13.1. The van der Waals surface area contributed by atoms with Crippen molar-refractivity contribution in [2.75, 3.05) is 13.2 Å². The molecule has 3 aromatic rings. The largest absolute Gasteiger partial charge is 0.486 e. The van der Waals surface area contributed by atoms with Crippen molar-refractivity contribution in [2.45, 2.75) is 6.42 Å². The van der Waals surface area contributed by atoms with E-state index in [1.54, 1.807) is 30.5 Å². The fourth-order valence-electron chi connectivity index (χ4n) is 2.67. The molecule has 0 radical (unpaired) electrons. The maximum absolute atomic E-state index is 13.1. The molecule has 0 spiro atoms. The molecule has 1 aromatic heterocycles. The molecular weight excluding hydrogens is 391 g/mol. The van der Waals surface area contributed by atoms with Crippen LogP contribution in [0.2, 0.25) is 5.02 Å². The molecule has 0 bridgehead atoms. The third-order valence-corrected chi connectivity index (χ3v) is 4.48. The summed E-state index contributed by atoms with van der Waals surface area (Å²) >= 11 is 11.5. The summed E-state index contributed by atoms with van der Waals surface area (Å²) in [5.74, 6) is 1.44. The number of rotatable bonds is 4. The molecule has 0 atom stereocenters. The number of H-pyrrole nitrogens is 1. The fourth-order valence-corrected chi connectivity index (χ4v) is 3.14. The highest BCUT2D eigenvalue weighted by Gasteiger charge is 2.16. The van der Waals surface area contributed by atoms with Crippen molar-refractivity contribution in [3.8, 4) is 11.5 Å². The summed E-state index contributed by atoms with van der Waals surface area (Å²) < 4.78 is 26.0. The van der Waals surface area contributed by atoms with E-state index in [-0.39, 0.29) is 5.82 Å². The number of aromatic amines is 1. The van der Waals surface area contributed by atoms with E-state index < -0.39 is 0 Å². The summed E-state index contributed by atoms with van der Waals surface area (Å²) in [6.45, 7) is 0.940. The van der Waals surface area contributed by atoms with E-state index in [0.717, 1.165) is 11.1 Å². The van der Waals surface area contributed by atoms with Crippen molar-refractivity contribution < 1.29 is 13.9 Å². The molecule has 6 nitrogen and oxygen atoms in total. The average Bonchev–Trinajstić information content (AvgIpc) is 3.01. The van der Waals surface area contributed by atoms with Crippen molar-refractivity contribution in [3.63, 3.8) is 0 Å². The number of benzene rings is 2. The number of halogens is 2. The molecule has 27 heavy (non-hydrogen) atoms. The van der Waals surface area contributed by atoms with Gasteiger partial charge in [0.2, 0.25) is 4.77 Å². The van der Waals surface area contributed by atoms with Gasteiger partial charge in [0.25, 0.3) is 0 Å². The van der Waals surface area contributed by atoms with Gasteiger partial charge in [-0.2, -0.15) is 14.9 Å². The maximum atomic E-state index is 13.1. The van der Waals surface area contributed by atoms with Gasteiger partial charge in [-0.25, -0.2) is 4.39 Å². The molecule has 0 fully saturated rings. The van der Waals surface area contributed by atoms with Crippen LogP contribution in [-0.4, -0.2) is 34.3 Å². The highest BCUT2D eigenvalue weighted by molar-refractivity contribution is 7.71. The van der Waals surface area contributed by atoms with Crippen molar-refractivity contribution in [2.24, 2.45) is 5.10 Å². The van der Waals surface area contributed by atoms with Crippen LogP contribution in [0.4, 0.5) is 4.39 Å². The molecule has 2 aromatic carbocycles. The Morgan fingerprint density at radius 3 is 2.85 bits per heavy atom. The molecule has 2 heterocycles. The zero-order valence-electron chi connectivity index (χ0n) is 14.0. The smallest absolute Gasteiger partial charge is 0.216 e. The summed E-state index contributed by atoms with van der Waals surface area (Å²) in [4.78, 5) is 0. The van der Waals surface area contributed by atoms with E-state index in [4.69, 9.17) is 33.3 Å². The zero-order valence-corrected chi connectivity index (χ0v) is 15.6. The lowest BCUT2D eigenvalue weighted by Gasteiger charge is -2.19. The van der Waals surface area contributed by atoms with Gasteiger partial charge < -0.3 is 9.47 Å². The summed E-state index contributed by atoms with van der Waals surface area (Å²) in [6.07, 6.45) is 2.07. The number of hydrogen-bond donors (Lipinski definition) is 1. The molecular formula is C18H14ClFN4O2S. The van der Waals surface area contributed by atoms with Crippen LogP contribution in [0.3, 0.4) is 0 Å². The van der Waals surface area contributed by atoms with Crippen molar-refractivity contribution in [3.05, 3.63) is 69.0 Å². The fraction of sp³-hybridized carbons (Fsp3) is 0.167. The topological polar surface area (TPSA) is 64.4 Å². The van der Waals surface area contributed by atoms with Crippen LogP contribution in [-0.2, 0) is 6.42 Å². The summed E-state index contributed by atoms with van der Waals surface area (Å²) in [6, 6.07) is 9.74. The molecule has 9 heteroatoms. The Morgan fingerprint density at radius 2 is 2.04 bits per heavy atom. The lowest BCUT2D eigenvalue weighted by atomic mass is 10.1. The molecule has 0 aliphatic carbocycles. The van der Waals surface area contributed by atoms with Crippen molar-refractivity contribution >= 4 is 30.0 Å². The van der Waals surface area contributed by atoms with Crippen LogP contribution in [0.5, 0.6) is 11.5 Å². The zero-order chi connectivity index (χ0) is 18.8. The number of ether oxygens (including phenoxy) is 2. The van der Waals surface area contributed by atoms with E-state index in [0.29, 0.717) is 46.8 Å². The Hall–Kier alpha value is -2.71. The van der Waals surface area contributed by atoms with Gasteiger partial charge in [-0.3, -0.25) is 5.10 Å². The van der Waals surface area contributed by atoms with Crippen molar-refractivity contribution in [1.82, 2.24) is 14.9 Å². The van der Waals surface area contributed by atoms with Gasteiger partial charge in [0.05, 0.1) is 11.2 Å². The predicted molar refractivity (Wildman–Crippen MR) is 102 cm³/mol. The summed E-state index contributed by atoms with van der Waals surface area (Å²) in [7, 11) is 0. The van der Waals surface area contributed by atoms with Crippen LogP contribution in [0.1, 0.15) is 17.0 Å². The number of fused-ring (bicyclic) bond motifs is 1.